The third-order valence-corrected chi connectivity index (χ3v) is 4.40. The van der Waals surface area contributed by atoms with Crippen LogP contribution in [-0.4, -0.2) is 40.6 Å². The molecule has 4 rings (SSSR count). The second-order valence-corrected chi connectivity index (χ2v) is 6.15. The van der Waals surface area contributed by atoms with Gasteiger partial charge in [0.2, 0.25) is 0 Å². The average molecular weight is 270 g/mol. The number of hydrogen-bond acceptors (Lipinski definition) is 3. The standard InChI is InChI=1S/C16H22N4/c1-12-2-5-15-14(10-12)18-16(20(15)13-3-4-13)11-19-8-6-17-7-9-19/h2,5,10,13,17H,3-4,6-9,11H2,1H3. The van der Waals surface area contributed by atoms with Crippen molar-refractivity contribution < 1.29 is 0 Å². The van der Waals surface area contributed by atoms with E-state index >= 15 is 0 Å². The molecule has 0 bridgehead atoms. The van der Waals surface area contributed by atoms with Gasteiger partial charge in [-0.25, -0.2) is 4.98 Å². The fourth-order valence-electron chi connectivity index (χ4n) is 3.18. The number of aromatic nitrogens is 2. The van der Waals surface area contributed by atoms with Crippen LogP contribution in [0.3, 0.4) is 0 Å². The van der Waals surface area contributed by atoms with Crippen molar-refractivity contribution in [3.05, 3.63) is 29.6 Å². The molecule has 106 valence electrons. The van der Waals surface area contributed by atoms with Gasteiger partial charge in [-0.1, -0.05) is 6.07 Å². The topological polar surface area (TPSA) is 33.1 Å². The first-order valence-corrected chi connectivity index (χ1v) is 7.72. The summed E-state index contributed by atoms with van der Waals surface area (Å²) in [5, 5.41) is 3.42. The molecule has 1 aromatic heterocycles. The minimum Gasteiger partial charge on any atom is -0.324 e. The molecule has 1 N–H and O–H groups in total. The second kappa shape index (κ2) is 4.86. The van der Waals surface area contributed by atoms with Crippen molar-refractivity contribution in [2.24, 2.45) is 0 Å². The summed E-state index contributed by atoms with van der Waals surface area (Å²) in [7, 11) is 0. The number of piperazine rings is 1. The van der Waals surface area contributed by atoms with Crippen LogP contribution in [0.25, 0.3) is 11.0 Å². The first kappa shape index (κ1) is 12.4. The smallest absolute Gasteiger partial charge is 0.124 e. The van der Waals surface area contributed by atoms with E-state index in [2.05, 4.69) is 39.9 Å². The summed E-state index contributed by atoms with van der Waals surface area (Å²) >= 11 is 0. The highest BCUT2D eigenvalue weighted by atomic mass is 15.2. The lowest BCUT2D eigenvalue weighted by molar-refractivity contribution is 0.225. The minimum absolute atomic E-state index is 0.695. The Morgan fingerprint density at radius 3 is 2.80 bits per heavy atom. The van der Waals surface area contributed by atoms with E-state index in [1.807, 2.05) is 0 Å². The molecular formula is C16H22N4. The van der Waals surface area contributed by atoms with Crippen LogP contribution in [0.15, 0.2) is 18.2 Å². The SMILES string of the molecule is Cc1ccc2c(c1)nc(CN1CCNCC1)n2C1CC1. The molecule has 1 saturated heterocycles. The zero-order valence-electron chi connectivity index (χ0n) is 12.1. The van der Waals surface area contributed by atoms with Gasteiger partial charge in [-0.15, -0.1) is 0 Å². The van der Waals surface area contributed by atoms with Gasteiger partial charge in [0.1, 0.15) is 5.82 Å². The van der Waals surface area contributed by atoms with Gasteiger partial charge in [0, 0.05) is 32.2 Å². The number of imidazole rings is 1. The average Bonchev–Trinajstić information content (AvgIpc) is 3.22. The van der Waals surface area contributed by atoms with Gasteiger partial charge in [-0.05, 0) is 37.5 Å². The van der Waals surface area contributed by atoms with Crippen molar-refractivity contribution >= 4 is 11.0 Å². The predicted octanol–water partition coefficient (Wildman–Crippen LogP) is 2.08. The quantitative estimate of drug-likeness (QED) is 0.927. The first-order valence-electron chi connectivity index (χ1n) is 7.72. The first-order chi connectivity index (χ1) is 9.81. The van der Waals surface area contributed by atoms with E-state index in [0.717, 1.165) is 32.7 Å². The molecule has 1 aliphatic carbocycles. The normalized spacial score (nSPS) is 20.6. The maximum atomic E-state index is 4.93. The van der Waals surface area contributed by atoms with Gasteiger partial charge < -0.3 is 9.88 Å². The Balaban J connectivity index is 1.71. The van der Waals surface area contributed by atoms with E-state index in [1.54, 1.807) is 0 Å². The van der Waals surface area contributed by atoms with Crippen LogP contribution in [0.5, 0.6) is 0 Å². The fourth-order valence-corrected chi connectivity index (χ4v) is 3.18. The van der Waals surface area contributed by atoms with Gasteiger partial charge in [-0.3, -0.25) is 4.90 Å². The van der Waals surface area contributed by atoms with Crippen LogP contribution in [0.4, 0.5) is 0 Å². The molecule has 2 aliphatic rings. The Morgan fingerprint density at radius 2 is 2.05 bits per heavy atom. The van der Waals surface area contributed by atoms with Gasteiger partial charge in [0.25, 0.3) is 0 Å². The number of rotatable bonds is 3. The molecule has 0 spiro atoms. The molecule has 0 amide bonds. The van der Waals surface area contributed by atoms with Gasteiger partial charge in [0.05, 0.1) is 17.6 Å². The summed E-state index contributed by atoms with van der Waals surface area (Å²) in [6.07, 6.45) is 2.63. The van der Waals surface area contributed by atoms with E-state index in [1.165, 1.54) is 35.3 Å². The molecule has 2 fully saturated rings. The van der Waals surface area contributed by atoms with E-state index in [0.29, 0.717) is 6.04 Å². The Morgan fingerprint density at radius 1 is 1.25 bits per heavy atom. The summed E-state index contributed by atoms with van der Waals surface area (Å²) in [6, 6.07) is 7.37. The fraction of sp³-hybridized carbons (Fsp3) is 0.562. The van der Waals surface area contributed by atoms with E-state index < -0.39 is 0 Å². The molecule has 1 saturated carbocycles. The van der Waals surface area contributed by atoms with Gasteiger partial charge in [0.15, 0.2) is 0 Å². The van der Waals surface area contributed by atoms with Crippen molar-refractivity contribution in [2.45, 2.75) is 32.4 Å². The largest absolute Gasteiger partial charge is 0.324 e. The third kappa shape index (κ3) is 2.23. The number of fused-ring (bicyclic) bond motifs is 1. The molecule has 2 aromatic rings. The van der Waals surface area contributed by atoms with Crippen LogP contribution in [0, 0.1) is 6.92 Å². The lowest BCUT2D eigenvalue weighted by atomic mass is 10.2. The summed E-state index contributed by atoms with van der Waals surface area (Å²) in [5.74, 6) is 1.26. The maximum Gasteiger partial charge on any atom is 0.124 e. The highest BCUT2D eigenvalue weighted by Gasteiger charge is 2.28. The third-order valence-electron chi connectivity index (χ3n) is 4.40. The minimum atomic E-state index is 0.695. The number of benzene rings is 1. The van der Waals surface area contributed by atoms with Crippen LogP contribution < -0.4 is 5.32 Å². The maximum absolute atomic E-state index is 4.93. The molecule has 20 heavy (non-hydrogen) atoms. The monoisotopic (exact) mass is 270 g/mol. The van der Waals surface area contributed by atoms with Crippen LogP contribution in [-0.2, 0) is 6.54 Å². The molecular weight excluding hydrogens is 248 g/mol. The van der Waals surface area contributed by atoms with Crippen molar-refractivity contribution in [3.63, 3.8) is 0 Å². The molecule has 1 aromatic carbocycles. The molecule has 4 nitrogen and oxygen atoms in total. The van der Waals surface area contributed by atoms with Gasteiger partial charge >= 0.3 is 0 Å². The van der Waals surface area contributed by atoms with Crippen LogP contribution in [0.1, 0.15) is 30.3 Å². The van der Waals surface area contributed by atoms with E-state index in [-0.39, 0.29) is 0 Å². The highest BCUT2D eigenvalue weighted by molar-refractivity contribution is 5.77. The Labute approximate surface area is 119 Å². The summed E-state index contributed by atoms with van der Waals surface area (Å²) < 4.78 is 2.50. The number of nitrogens with one attached hydrogen (secondary N) is 1. The molecule has 0 unspecified atom stereocenters. The van der Waals surface area contributed by atoms with Crippen molar-refractivity contribution in [2.75, 3.05) is 26.2 Å². The second-order valence-electron chi connectivity index (χ2n) is 6.15. The molecule has 1 aliphatic heterocycles. The summed E-state index contributed by atoms with van der Waals surface area (Å²) in [5.41, 5.74) is 3.79. The Kier molecular flexibility index (Phi) is 3.00. The zero-order valence-corrected chi connectivity index (χ0v) is 12.1. The molecule has 0 atom stereocenters. The lowest BCUT2D eigenvalue weighted by Gasteiger charge is -2.27. The van der Waals surface area contributed by atoms with E-state index in [4.69, 9.17) is 4.98 Å². The van der Waals surface area contributed by atoms with Crippen LogP contribution in [0.2, 0.25) is 0 Å². The molecule has 2 heterocycles. The molecule has 4 heteroatoms. The summed E-state index contributed by atoms with van der Waals surface area (Å²) in [4.78, 5) is 7.45. The summed E-state index contributed by atoms with van der Waals surface area (Å²) in [6.45, 7) is 7.60. The zero-order chi connectivity index (χ0) is 13.5. The number of nitrogens with zero attached hydrogens (tertiary/aromatic N) is 3. The van der Waals surface area contributed by atoms with Crippen molar-refractivity contribution in [1.29, 1.82) is 0 Å². The molecule has 0 radical (unpaired) electrons. The number of hydrogen-bond donors (Lipinski definition) is 1. The van der Waals surface area contributed by atoms with Crippen molar-refractivity contribution in [3.8, 4) is 0 Å². The van der Waals surface area contributed by atoms with Gasteiger partial charge in [-0.2, -0.15) is 0 Å². The number of aryl methyl sites for hydroxylation is 1. The predicted molar refractivity (Wildman–Crippen MR) is 80.9 cm³/mol. The highest BCUT2D eigenvalue weighted by Crippen LogP contribution is 2.39. The Hall–Kier alpha value is -1.39. The van der Waals surface area contributed by atoms with E-state index in [9.17, 15) is 0 Å². The Bertz CT molecular complexity index is 621. The van der Waals surface area contributed by atoms with Crippen molar-refractivity contribution in [1.82, 2.24) is 19.8 Å². The lowest BCUT2D eigenvalue weighted by Crippen LogP contribution is -2.43. The van der Waals surface area contributed by atoms with Crippen LogP contribution >= 0.6 is 0 Å².